The molecule has 2 N–H and O–H groups in total. The third kappa shape index (κ3) is 4.99. The normalized spacial score (nSPS) is 13.6. The van der Waals surface area contributed by atoms with E-state index >= 15 is 0 Å². The summed E-state index contributed by atoms with van der Waals surface area (Å²) >= 11 is 0. The summed E-state index contributed by atoms with van der Waals surface area (Å²) in [5.41, 5.74) is 3.75. The first-order valence-corrected chi connectivity index (χ1v) is 10.6. The molecule has 0 spiro atoms. The van der Waals surface area contributed by atoms with Gasteiger partial charge in [-0.3, -0.25) is 14.4 Å². The van der Waals surface area contributed by atoms with Gasteiger partial charge in [0.2, 0.25) is 0 Å². The Morgan fingerprint density at radius 3 is 2.84 bits per heavy atom. The van der Waals surface area contributed by atoms with Crippen LogP contribution in [0.4, 0.5) is 5.69 Å². The maximum Gasteiger partial charge on any atom is 0.306 e. The van der Waals surface area contributed by atoms with Gasteiger partial charge in [0.15, 0.2) is 6.10 Å². The number of H-pyrrole nitrogens is 1. The van der Waals surface area contributed by atoms with Crippen molar-refractivity contribution in [3.05, 3.63) is 69.8 Å². The molecule has 0 unspecified atom stereocenters. The van der Waals surface area contributed by atoms with Crippen LogP contribution in [0.15, 0.2) is 47.3 Å². The summed E-state index contributed by atoms with van der Waals surface area (Å²) < 4.78 is 5.27. The second-order valence-electron chi connectivity index (χ2n) is 7.84. The largest absolute Gasteiger partial charge is 0.453 e. The van der Waals surface area contributed by atoms with Crippen molar-refractivity contribution in [2.45, 2.75) is 51.6 Å². The zero-order chi connectivity index (χ0) is 21.8. The van der Waals surface area contributed by atoms with Crippen LogP contribution in [0.3, 0.4) is 0 Å². The van der Waals surface area contributed by atoms with Crippen molar-refractivity contribution in [2.24, 2.45) is 0 Å². The zero-order valence-corrected chi connectivity index (χ0v) is 17.4. The number of carbonyl (C=O) groups excluding carboxylic acids is 2. The number of nitrogens with zero attached hydrogens (tertiary/aromatic N) is 1. The fourth-order valence-electron chi connectivity index (χ4n) is 3.86. The first-order valence-electron chi connectivity index (χ1n) is 10.6. The number of aromatic amines is 1. The van der Waals surface area contributed by atoms with Crippen LogP contribution in [0, 0.1) is 0 Å². The topological polar surface area (TPSA) is 101 Å². The molecule has 0 fully saturated rings. The van der Waals surface area contributed by atoms with E-state index in [0.29, 0.717) is 29.6 Å². The van der Waals surface area contributed by atoms with Gasteiger partial charge in [0.25, 0.3) is 11.5 Å². The lowest BCUT2D eigenvalue weighted by Crippen LogP contribution is -2.30. The zero-order valence-electron chi connectivity index (χ0n) is 17.4. The van der Waals surface area contributed by atoms with E-state index in [1.807, 2.05) is 24.3 Å². The molecule has 7 nitrogen and oxygen atoms in total. The van der Waals surface area contributed by atoms with Crippen molar-refractivity contribution in [2.75, 3.05) is 5.32 Å². The Bertz CT molecular complexity index is 1180. The van der Waals surface area contributed by atoms with Gasteiger partial charge in [0.1, 0.15) is 5.82 Å². The van der Waals surface area contributed by atoms with Crippen molar-refractivity contribution < 1.29 is 14.3 Å². The van der Waals surface area contributed by atoms with E-state index in [0.717, 1.165) is 24.9 Å². The molecule has 0 saturated carbocycles. The van der Waals surface area contributed by atoms with E-state index in [4.69, 9.17) is 4.74 Å². The summed E-state index contributed by atoms with van der Waals surface area (Å²) in [6.07, 6.45) is 3.39. The van der Waals surface area contributed by atoms with Crippen LogP contribution >= 0.6 is 0 Å². The van der Waals surface area contributed by atoms with Crippen molar-refractivity contribution in [3.63, 3.8) is 0 Å². The van der Waals surface area contributed by atoms with Crippen molar-refractivity contribution in [1.82, 2.24) is 9.97 Å². The molecule has 0 saturated heterocycles. The Labute approximate surface area is 179 Å². The van der Waals surface area contributed by atoms with Crippen molar-refractivity contribution >= 4 is 28.5 Å². The Hall–Kier alpha value is -3.48. The third-order valence-electron chi connectivity index (χ3n) is 5.50. The highest BCUT2D eigenvalue weighted by Gasteiger charge is 2.19. The van der Waals surface area contributed by atoms with Gasteiger partial charge in [-0.05, 0) is 68.0 Å². The summed E-state index contributed by atoms with van der Waals surface area (Å²) in [5.74, 6) is -0.287. The molecule has 4 rings (SSSR count). The number of rotatable bonds is 7. The van der Waals surface area contributed by atoms with Crippen molar-refractivity contribution in [1.29, 1.82) is 0 Å². The molecule has 1 aliphatic carbocycles. The molecule has 1 aromatic heterocycles. The lowest BCUT2D eigenvalue weighted by atomic mass is 10.1. The summed E-state index contributed by atoms with van der Waals surface area (Å²) in [6, 6.07) is 13.0. The molecule has 0 bridgehead atoms. The SMILES string of the molecule is C[C@H](OC(=O)CCCc1nc2ccccc2c(=O)[nH]1)C(=O)Nc1ccc2c(c1)CCC2. The smallest absolute Gasteiger partial charge is 0.306 e. The number of aryl methyl sites for hydroxylation is 3. The van der Waals surface area contributed by atoms with Crippen LogP contribution in [0.1, 0.15) is 43.1 Å². The predicted molar refractivity (Wildman–Crippen MR) is 118 cm³/mol. The Morgan fingerprint density at radius 1 is 1.16 bits per heavy atom. The second-order valence-corrected chi connectivity index (χ2v) is 7.84. The van der Waals surface area contributed by atoms with Crippen LogP contribution in [0.25, 0.3) is 10.9 Å². The standard InChI is InChI=1S/C24H25N3O4/c1-15(23(29)25-18-13-12-16-6-4-7-17(16)14-18)31-22(28)11-5-10-21-26-20-9-3-2-8-19(20)24(30)27-21/h2-3,8-9,12-15H,4-7,10-11H2,1H3,(H,25,29)(H,26,27,30)/t15-/m0/s1. The number of ether oxygens (including phenoxy) is 1. The van der Waals surface area contributed by atoms with E-state index in [1.54, 1.807) is 25.1 Å². The minimum Gasteiger partial charge on any atom is -0.453 e. The average molecular weight is 419 g/mol. The number of hydrogen-bond acceptors (Lipinski definition) is 5. The number of anilines is 1. The number of nitrogens with one attached hydrogen (secondary N) is 2. The number of aromatic nitrogens is 2. The molecule has 0 radical (unpaired) electrons. The van der Waals surface area contributed by atoms with Gasteiger partial charge in [-0.25, -0.2) is 4.98 Å². The first-order chi connectivity index (χ1) is 15.0. The van der Waals surface area contributed by atoms with E-state index in [9.17, 15) is 14.4 Å². The average Bonchev–Trinajstić information content (AvgIpc) is 3.21. The lowest BCUT2D eigenvalue weighted by molar-refractivity contribution is -0.153. The molecular formula is C24H25N3O4. The highest BCUT2D eigenvalue weighted by atomic mass is 16.5. The predicted octanol–water partition coefficient (Wildman–Crippen LogP) is 3.30. The molecule has 7 heteroatoms. The first kappa shape index (κ1) is 20.8. The maximum atomic E-state index is 12.4. The molecule has 1 heterocycles. The van der Waals surface area contributed by atoms with Gasteiger partial charge in [-0.1, -0.05) is 18.2 Å². The Morgan fingerprint density at radius 2 is 1.97 bits per heavy atom. The number of hydrogen-bond donors (Lipinski definition) is 2. The van der Waals surface area contributed by atoms with Gasteiger partial charge in [-0.2, -0.15) is 0 Å². The maximum absolute atomic E-state index is 12.4. The van der Waals surface area contributed by atoms with Gasteiger partial charge in [0.05, 0.1) is 10.9 Å². The van der Waals surface area contributed by atoms with Crippen LogP contribution < -0.4 is 10.9 Å². The third-order valence-corrected chi connectivity index (χ3v) is 5.50. The quantitative estimate of drug-likeness (QED) is 0.572. The van der Waals surface area contributed by atoms with E-state index < -0.39 is 12.1 Å². The van der Waals surface area contributed by atoms with Crippen LogP contribution in [0.5, 0.6) is 0 Å². The summed E-state index contributed by atoms with van der Waals surface area (Å²) in [6.45, 7) is 1.56. The fourth-order valence-corrected chi connectivity index (χ4v) is 3.86. The molecule has 1 atom stereocenters. The molecule has 3 aromatic rings. The number of fused-ring (bicyclic) bond motifs is 2. The molecule has 0 aliphatic heterocycles. The number of benzene rings is 2. The molecule has 31 heavy (non-hydrogen) atoms. The van der Waals surface area contributed by atoms with E-state index in [2.05, 4.69) is 15.3 Å². The molecule has 2 aromatic carbocycles. The Kier molecular flexibility index (Phi) is 6.11. The minimum atomic E-state index is -0.889. The highest BCUT2D eigenvalue weighted by molar-refractivity contribution is 5.95. The lowest BCUT2D eigenvalue weighted by Gasteiger charge is -2.14. The number of amides is 1. The van der Waals surface area contributed by atoms with Crippen molar-refractivity contribution in [3.8, 4) is 0 Å². The van der Waals surface area contributed by atoms with Gasteiger partial charge >= 0.3 is 5.97 Å². The molecule has 1 aliphatic rings. The van der Waals surface area contributed by atoms with Crippen LogP contribution in [-0.2, 0) is 33.6 Å². The van der Waals surface area contributed by atoms with Gasteiger partial charge in [0, 0.05) is 18.5 Å². The number of para-hydroxylation sites is 1. The number of carbonyl (C=O) groups is 2. The van der Waals surface area contributed by atoms with Crippen LogP contribution in [0.2, 0.25) is 0 Å². The van der Waals surface area contributed by atoms with E-state index in [-0.39, 0.29) is 17.9 Å². The molecule has 160 valence electrons. The minimum absolute atomic E-state index is 0.132. The van der Waals surface area contributed by atoms with Crippen LogP contribution in [-0.4, -0.2) is 27.9 Å². The summed E-state index contributed by atoms with van der Waals surface area (Å²) in [7, 11) is 0. The van der Waals surface area contributed by atoms with Gasteiger partial charge < -0.3 is 15.0 Å². The fraction of sp³-hybridized carbons (Fsp3) is 0.333. The number of esters is 1. The monoisotopic (exact) mass is 419 g/mol. The second kappa shape index (κ2) is 9.12. The summed E-state index contributed by atoms with van der Waals surface area (Å²) in [4.78, 5) is 43.8. The Balaban J connectivity index is 1.25. The van der Waals surface area contributed by atoms with E-state index in [1.165, 1.54) is 11.1 Å². The van der Waals surface area contributed by atoms with Gasteiger partial charge in [-0.15, -0.1) is 0 Å². The molecular weight excluding hydrogens is 394 g/mol. The summed E-state index contributed by atoms with van der Waals surface area (Å²) in [5, 5.41) is 3.35. The molecule has 1 amide bonds. The highest BCUT2D eigenvalue weighted by Crippen LogP contribution is 2.25.